The number of sulfonamides is 1. The summed E-state index contributed by atoms with van der Waals surface area (Å²) >= 11 is 12.1. The van der Waals surface area contributed by atoms with Crippen LogP contribution in [0.1, 0.15) is 21.5 Å². The fraction of sp³-hybridized carbons (Fsp3) is 0.0952. The molecular formula is C21H18Cl2N2O3S. The van der Waals surface area contributed by atoms with Crippen molar-refractivity contribution in [2.75, 3.05) is 4.72 Å². The standard InChI is InChI=1S/C21H18Cl2N2O3S/c1-14-2-9-18(10-3-14)29(27,28)25-17-8-11-19(20(23)12-17)21(26)24-13-15-4-6-16(22)7-5-15/h2-12,25H,13H2,1H3,(H,24,26). The molecular weight excluding hydrogens is 431 g/mol. The molecule has 1 amide bonds. The van der Waals surface area contributed by atoms with Crippen LogP contribution in [0.25, 0.3) is 0 Å². The molecule has 0 atom stereocenters. The smallest absolute Gasteiger partial charge is 0.261 e. The van der Waals surface area contributed by atoms with Gasteiger partial charge in [0.2, 0.25) is 0 Å². The highest BCUT2D eigenvalue weighted by atomic mass is 35.5. The van der Waals surface area contributed by atoms with Crippen molar-refractivity contribution in [3.8, 4) is 0 Å². The molecule has 0 fully saturated rings. The molecule has 0 heterocycles. The third kappa shape index (κ3) is 5.50. The SMILES string of the molecule is Cc1ccc(S(=O)(=O)Nc2ccc(C(=O)NCc3ccc(Cl)cc3)c(Cl)c2)cc1. The van der Waals surface area contributed by atoms with Crippen LogP contribution in [0.5, 0.6) is 0 Å². The largest absolute Gasteiger partial charge is 0.348 e. The number of amides is 1. The highest BCUT2D eigenvalue weighted by Crippen LogP contribution is 2.23. The molecule has 0 aromatic heterocycles. The third-order valence-corrected chi connectivity index (χ3v) is 6.13. The molecule has 0 saturated carbocycles. The molecule has 3 rings (SSSR count). The van der Waals surface area contributed by atoms with Gasteiger partial charge in [0.15, 0.2) is 0 Å². The Kier molecular flexibility index (Phi) is 6.47. The average molecular weight is 449 g/mol. The van der Waals surface area contributed by atoms with Crippen molar-refractivity contribution in [2.45, 2.75) is 18.4 Å². The van der Waals surface area contributed by atoms with Crippen molar-refractivity contribution in [3.63, 3.8) is 0 Å². The van der Waals surface area contributed by atoms with Crippen molar-refractivity contribution in [2.24, 2.45) is 0 Å². The fourth-order valence-corrected chi connectivity index (χ4v) is 4.02. The number of anilines is 1. The lowest BCUT2D eigenvalue weighted by Crippen LogP contribution is -2.23. The first-order valence-electron chi connectivity index (χ1n) is 8.66. The van der Waals surface area contributed by atoms with E-state index >= 15 is 0 Å². The first kappa shape index (κ1) is 21.2. The number of nitrogens with one attached hydrogen (secondary N) is 2. The Morgan fingerprint density at radius 1 is 0.931 bits per heavy atom. The molecule has 3 aromatic carbocycles. The van der Waals surface area contributed by atoms with E-state index in [0.717, 1.165) is 11.1 Å². The minimum absolute atomic E-state index is 0.141. The molecule has 0 aliphatic rings. The van der Waals surface area contributed by atoms with Crippen molar-refractivity contribution >= 4 is 44.8 Å². The van der Waals surface area contributed by atoms with Crippen LogP contribution in [0.3, 0.4) is 0 Å². The summed E-state index contributed by atoms with van der Waals surface area (Å²) in [7, 11) is -3.75. The molecule has 0 unspecified atom stereocenters. The first-order chi connectivity index (χ1) is 13.7. The summed E-state index contributed by atoms with van der Waals surface area (Å²) in [6.45, 7) is 2.19. The zero-order chi connectivity index (χ0) is 21.0. The van der Waals surface area contributed by atoms with E-state index in [9.17, 15) is 13.2 Å². The molecule has 0 saturated heterocycles. The van der Waals surface area contributed by atoms with Gasteiger partial charge in [-0.3, -0.25) is 9.52 Å². The lowest BCUT2D eigenvalue weighted by Gasteiger charge is -2.11. The quantitative estimate of drug-likeness (QED) is 0.554. The Labute approximate surface area is 179 Å². The molecule has 0 aliphatic heterocycles. The van der Waals surface area contributed by atoms with Crippen LogP contribution in [-0.4, -0.2) is 14.3 Å². The van der Waals surface area contributed by atoms with Crippen LogP contribution in [-0.2, 0) is 16.6 Å². The second-order valence-corrected chi connectivity index (χ2v) is 8.95. The van der Waals surface area contributed by atoms with E-state index in [2.05, 4.69) is 10.0 Å². The van der Waals surface area contributed by atoms with Gasteiger partial charge < -0.3 is 5.32 Å². The van der Waals surface area contributed by atoms with E-state index in [1.807, 2.05) is 19.1 Å². The molecule has 0 aliphatic carbocycles. The molecule has 5 nitrogen and oxygen atoms in total. The topological polar surface area (TPSA) is 75.3 Å². The van der Waals surface area contributed by atoms with Gasteiger partial charge in [-0.05, 0) is 55.0 Å². The van der Waals surface area contributed by atoms with E-state index < -0.39 is 10.0 Å². The molecule has 8 heteroatoms. The predicted octanol–water partition coefficient (Wildman–Crippen LogP) is 5.03. The van der Waals surface area contributed by atoms with Gasteiger partial charge in [-0.2, -0.15) is 0 Å². The van der Waals surface area contributed by atoms with E-state index in [1.165, 1.54) is 30.3 Å². The number of carbonyl (C=O) groups is 1. The summed E-state index contributed by atoms with van der Waals surface area (Å²) < 4.78 is 27.4. The molecule has 3 aromatic rings. The second-order valence-electron chi connectivity index (χ2n) is 6.42. The van der Waals surface area contributed by atoms with Gasteiger partial charge in [-0.25, -0.2) is 8.42 Å². The van der Waals surface area contributed by atoms with Gasteiger partial charge in [0.05, 0.1) is 21.2 Å². The monoisotopic (exact) mass is 448 g/mol. The summed E-state index contributed by atoms with van der Waals surface area (Å²) in [4.78, 5) is 12.5. The summed E-state index contributed by atoms with van der Waals surface area (Å²) in [5.41, 5.74) is 2.37. The van der Waals surface area contributed by atoms with Crippen LogP contribution in [0, 0.1) is 6.92 Å². The maximum atomic E-state index is 12.5. The minimum Gasteiger partial charge on any atom is -0.348 e. The highest BCUT2D eigenvalue weighted by molar-refractivity contribution is 7.92. The normalized spacial score (nSPS) is 11.1. The third-order valence-electron chi connectivity index (χ3n) is 4.16. The van der Waals surface area contributed by atoms with Crippen molar-refractivity contribution < 1.29 is 13.2 Å². The molecule has 0 radical (unpaired) electrons. The Balaban J connectivity index is 1.70. The van der Waals surface area contributed by atoms with Gasteiger partial charge in [-0.1, -0.05) is 53.0 Å². The zero-order valence-corrected chi connectivity index (χ0v) is 17.8. The number of hydrogen-bond acceptors (Lipinski definition) is 3. The first-order valence-corrected chi connectivity index (χ1v) is 10.9. The molecule has 29 heavy (non-hydrogen) atoms. The van der Waals surface area contributed by atoms with E-state index in [0.29, 0.717) is 11.6 Å². The van der Waals surface area contributed by atoms with Crippen LogP contribution in [0.15, 0.2) is 71.6 Å². The highest BCUT2D eigenvalue weighted by Gasteiger charge is 2.16. The van der Waals surface area contributed by atoms with E-state index in [1.54, 1.807) is 24.3 Å². The fourth-order valence-electron chi connectivity index (χ4n) is 2.57. The Morgan fingerprint density at radius 2 is 1.59 bits per heavy atom. The van der Waals surface area contributed by atoms with Gasteiger partial charge in [0.1, 0.15) is 0 Å². The Morgan fingerprint density at radius 3 is 2.21 bits per heavy atom. The van der Waals surface area contributed by atoms with E-state index in [-0.39, 0.29) is 27.1 Å². The van der Waals surface area contributed by atoms with Crippen molar-refractivity contribution in [1.82, 2.24) is 5.32 Å². The molecule has 150 valence electrons. The Hall–Kier alpha value is -2.54. The van der Waals surface area contributed by atoms with Crippen LogP contribution >= 0.6 is 23.2 Å². The van der Waals surface area contributed by atoms with E-state index in [4.69, 9.17) is 23.2 Å². The maximum Gasteiger partial charge on any atom is 0.261 e. The summed E-state index contributed by atoms with van der Waals surface area (Å²) in [5, 5.41) is 3.53. The van der Waals surface area contributed by atoms with Gasteiger partial charge >= 0.3 is 0 Å². The predicted molar refractivity (Wildman–Crippen MR) is 116 cm³/mol. The molecule has 0 spiro atoms. The lowest BCUT2D eigenvalue weighted by molar-refractivity contribution is 0.0951. The summed E-state index contributed by atoms with van der Waals surface area (Å²) in [5.74, 6) is -0.363. The van der Waals surface area contributed by atoms with Crippen LogP contribution < -0.4 is 10.0 Å². The summed E-state index contributed by atoms with van der Waals surface area (Å²) in [6, 6.07) is 18.0. The number of benzene rings is 3. The molecule has 2 N–H and O–H groups in total. The number of halogens is 2. The van der Waals surface area contributed by atoms with Crippen LogP contribution in [0.4, 0.5) is 5.69 Å². The lowest BCUT2D eigenvalue weighted by atomic mass is 10.1. The van der Waals surface area contributed by atoms with Crippen molar-refractivity contribution in [3.05, 3.63) is 93.5 Å². The van der Waals surface area contributed by atoms with Gasteiger partial charge in [0.25, 0.3) is 15.9 Å². The minimum atomic E-state index is -3.75. The van der Waals surface area contributed by atoms with Gasteiger partial charge in [-0.15, -0.1) is 0 Å². The van der Waals surface area contributed by atoms with Gasteiger partial charge in [0, 0.05) is 11.6 Å². The Bertz CT molecular complexity index is 1130. The number of carbonyl (C=O) groups excluding carboxylic acids is 1. The molecule has 0 bridgehead atoms. The number of hydrogen-bond donors (Lipinski definition) is 2. The zero-order valence-electron chi connectivity index (χ0n) is 15.4. The number of rotatable bonds is 6. The van der Waals surface area contributed by atoms with Crippen LogP contribution in [0.2, 0.25) is 10.0 Å². The second kappa shape index (κ2) is 8.86. The van der Waals surface area contributed by atoms with Crippen molar-refractivity contribution in [1.29, 1.82) is 0 Å². The maximum absolute atomic E-state index is 12.5. The number of aryl methyl sites for hydroxylation is 1. The summed E-state index contributed by atoms with van der Waals surface area (Å²) in [6.07, 6.45) is 0. The average Bonchev–Trinajstić information content (AvgIpc) is 2.67.